The van der Waals surface area contributed by atoms with E-state index >= 15 is 0 Å². The van der Waals surface area contributed by atoms with E-state index in [1.807, 2.05) is 49.4 Å². The standard InChI is InChI=1S/C17H20N2O2/c1-12-14(17(20)18-2)8-6-9-15(12)19-11-13-7-4-5-10-16(13)21-3/h4-10,19H,11H2,1-3H3,(H,18,20). The van der Waals surface area contributed by atoms with Crippen LogP contribution in [-0.2, 0) is 6.54 Å². The minimum Gasteiger partial charge on any atom is -0.496 e. The molecule has 21 heavy (non-hydrogen) atoms. The lowest BCUT2D eigenvalue weighted by atomic mass is 10.1. The van der Waals surface area contributed by atoms with Gasteiger partial charge in [0.15, 0.2) is 0 Å². The van der Waals surface area contributed by atoms with E-state index in [1.165, 1.54) is 0 Å². The Labute approximate surface area is 125 Å². The Balaban J connectivity index is 2.19. The summed E-state index contributed by atoms with van der Waals surface area (Å²) in [7, 11) is 3.30. The molecule has 0 aliphatic rings. The van der Waals surface area contributed by atoms with Crippen molar-refractivity contribution < 1.29 is 9.53 Å². The molecule has 2 aromatic carbocycles. The number of ether oxygens (including phenoxy) is 1. The number of benzene rings is 2. The highest BCUT2D eigenvalue weighted by Crippen LogP contribution is 2.22. The SMILES string of the molecule is CNC(=O)c1cccc(NCc2ccccc2OC)c1C. The van der Waals surface area contributed by atoms with Crippen LogP contribution >= 0.6 is 0 Å². The monoisotopic (exact) mass is 284 g/mol. The Hall–Kier alpha value is -2.49. The maximum Gasteiger partial charge on any atom is 0.251 e. The van der Waals surface area contributed by atoms with Gasteiger partial charge in [-0.3, -0.25) is 4.79 Å². The van der Waals surface area contributed by atoms with Crippen molar-refractivity contribution in [3.05, 3.63) is 59.2 Å². The van der Waals surface area contributed by atoms with Crippen LogP contribution in [0.25, 0.3) is 0 Å². The van der Waals surface area contributed by atoms with Crippen LogP contribution < -0.4 is 15.4 Å². The fourth-order valence-corrected chi connectivity index (χ4v) is 2.25. The molecule has 110 valence electrons. The Morgan fingerprint density at radius 1 is 1.14 bits per heavy atom. The number of hydrogen-bond acceptors (Lipinski definition) is 3. The van der Waals surface area contributed by atoms with Crippen LogP contribution in [0.1, 0.15) is 21.5 Å². The van der Waals surface area contributed by atoms with Crippen LogP contribution in [0, 0.1) is 6.92 Å². The van der Waals surface area contributed by atoms with Gasteiger partial charge in [-0.05, 0) is 30.7 Å². The molecule has 0 radical (unpaired) electrons. The number of anilines is 1. The zero-order chi connectivity index (χ0) is 15.2. The van der Waals surface area contributed by atoms with Crippen LogP contribution in [0.3, 0.4) is 0 Å². The summed E-state index contributed by atoms with van der Waals surface area (Å²) in [4.78, 5) is 11.8. The van der Waals surface area contributed by atoms with E-state index in [4.69, 9.17) is 4.74 Å². The number of nitrogens with one attached hydrogen (secondary N) is 2. The fourth-order valence-electron chi connectivity index (χ4n) is 2.25. The lowest BCUT2D eigenvalue weighted by Crippen LogP contribution is -2.19. The van der Waals surface area contributed by atoms with Gasteiger partial charge in [0.25, 0.3) is 5.91 Å². The van der Waals surface area contributed by atoms with Crippen molar-refractivity contribution in [3.63, 3.8) is 0 Å². The van der Waals surface area contributed by atoms with Crippen molar-refractivity contribution >= 4 is 11.6 Å². The molecule has 0 saturated carbocycles. The van der Waals surface area contributed by atoms with Crippen molar-refractivity contribution in [2.24, 2.45) is 0 Å². The molecule has 0 bridgehead atoms. The number of hydrogen-bond donors (Lipinski definition) is 2. The smallest absolute Gasteiger partial charge is 0.251 e. The van der Waals surface area contributed by atoms with Crippen molar-refractivity contribution in [2.45, 2.75) is 13.5 Å². The van der Waals surface area contributed by atoms with Crippen molar-refractivity contribution in [3.8, 4) is 5.75 Å². The van der Waals surface area contributed by atoms with Gasteiger partial charge in [0.05, 0.1) is 7.11 Å². The molecular formula is C17H20N2O2. The van der Waals surface area contributed by atoms with Crippen LogP contribution in [0.4, 0.5) is 5.69 Å². The predicted octanol–water partition coefficient (Wildman–Crippen LogP) is 2.98. The number of carbonyl (C=O) groups excluding carboxylic acids is 1. The number of methoxy groups -OCH3 is 1. The minimum atomic E-state index is -0.0755. The van der Waals surface area contributed by atoms with Crippen LogP contribution in [-0.4, -0.2) is 20.1 Å². The second-order valence-corrected chi connectivity index (χ2v) is 4.72. The predicted molar refractivity (Wildman–Crippen MR) is 84.9 cm³/mol. The molecule has 0 spiro atoms. The number of carbonyl (C=O) groups is 1. The Bertz CT molecular complexity index is 638. The fraction of sp³-hybridized carbons (Fsp3) is 0.235. The van der Waals surface area contributed by atoms with Gasteiger partial charge in [-0.15, -0.1) is 0 Å². The van der Waals surface area contributed by atoms with Gasteiger partial charge in [-0.2, -0.15) is 0 Å². The van der Waals surface area contributed by atoms with Crippen LogP contribution in [0.5, 0.6) is 5.75 Å². The molecule has 0 heterocycles. The maximum atomic E-state index is 11.8. The van der Waals surface area contributed by atoms with Gasteiger partial charge in [0.2, 0.25) is 0 Å². The Morgan fingerprint density at radius 2 is 1.90 bits per heavy atom. The molecule has 0 saturated heterocycles. The minimum absolute atomic E-state index is 0.0755. The van der Waals surface area contributed by atoms with E-state index in [1.54, 1.807) is 14.2 Å². The average Bonchev–Trinajstić information content (AvgIpc) is 2.53. The topological polar surface area (TPSA) is 50.4 Å². The lowest BCUT2D eigenvalue weighted by Gasteiger charge is -2.14. The summed E-state index contributed by atoms with van der Waals surface area (Å²) < 4.78 is 5.34. The molecule has 0 aliphatic heterocycles. The van der Waals surface area contributed by atoms with E-state index < -0.39 is 0 Å². The molecule has 2 N–H and O–H groups in total. The highest BCUT2D eigenvalue weighted by molar-refractivity contribution is 5.96. The third-order valence-corrected chi connectivity index (χ3v) is 3.47. The Morgan fingerprint density at radius 3 is 2.62 bits per heavy atom. The van der Waals surface area contributed by atoms with Crippen LogP contribution in [0.2, 0.25) is 0 Å². The lowest BCUT2D eigenvalue weighted by molar-refractivity contribution is 0.0962. The molecule has 2 rings (SSSR count). The molecular weight excluding hydrogens is 264 g/mol. The van der Waals surface area contributed by atoms with Gasteiger partial charge in [-0.1, -0.05) is 24.3 Å². The first-order valence-electron chi connectivity index (χ1n) is 6.84. The zero-order valence-electron chi connectivity index (χ0n) is 12.6. The maximum absolute atomic E-state index is 11.8. The van der Waals surface area contributed by atoms with E-state index in [0.717, 1.165) is 22.6 Å². The van der Waals surface area contributed by atoms with Crippen molar-refractivity contribution in [1.82, 2.24) is 5.32 Å². The third kappa shape index (κ3) is 3.34. The first-order valence-corrected chi connectivity index (χ1v) is 6.84. The average molecular weight is 284 g/mol. The summed E-state index contributed by atoms with van der Waals surface area (Å²) in [6, 6.07) is 13.5. The number of rotatable bonds is 5. The van der Waals surface area contributed by atoms with Gasteiger partial charge < -0.3 is 15.4 Å². The molecule has 0 atom stereocenters. The number of amides is 1. The van der Waals surface area contributed by atoms with E-state index in [2.05, 4.69) is 10.6 Å². The van der Waals surface area contributed by atoms with Crippen molar-refractivity contribution in [1.29, 1.82) is 0 Å². The second kappa shape index (κ2) is 6.79. The van der Waals surface area contributed by atoms with Gasteiger partial charge in [0, 0.05) is 30.4 Å². The normalized spacial score (nSPS) is 10.0. The summed E-state index contributed by atoms with van der Waals surface area (Å²) in [6.07, 6.45) is 0. The van der Waals surface area contributed by atoms with E-state index in [-0.39, 0.29) is 5.91 Å². The summed E-state index contributed by atoms with van der Waals surface area (Å²) in [5.41, 5.74) is 3.64. The third-order valence-electron chi connectivity index (χ3n) is 3.47. The highest BCUT2D eigenvalue weighted by atomic mass is 16.5. The summed E-state index contributed by atoms with van der Waals surface area (Å²) in [5.74, 6) is 0.776. The number of para-hydroxylation sites is 1. The quantitative estimate of drug-likeness (QED) is 0.887. The molecule has 0 fully saturated rings. The zero-order valence-corrected chi connectivity index (χ0v) is 12.6. The molecule has 4 nitrogen and oxygen atoms in total. The summed E-state index contributed by atoms with van der Waals surface area (Å²) in [6.45, 7) is 2.58. The largest absolute Gasteiger partial charge is 0.496 e. The second-order valence-electron chi connectivity index (χ2n) is 4.72. The summed E-state index contributed by atoms with van der Waals surface area (Å²) in [5, 5.41) is 6.02. The van der Waals surface area contributed by atoms with Crippen LogP contribution in [0.15, 0.2) is 42.5 Å². The first-order chi connectivity index (χ1) is 10.2. The molecule has 4 heteroatoms. The van der Waals surface area contributed by atoms with E-state index in [0.29, 0.717) is 12.1 Å². The molecule has 2 aromatic rings. The highest BCUT2D eigenvalue weighted by Gasteiger charge is 2.10. The van der Waals surface area contributed by atoms with Crippen molar-refractivity contribution in [2.75, 3.05) is 19.5 Å². The molecule has 0 unspecified atom stereocenters. The van der Waals surface area contributed by atoms with Gasteiger partial charge >= 0.3 is 0 Å². The summed E-state index contributed by atoms with van der Waals surface area (Å²) >= 11 is 0. The molecule has 0 aliphatic carbocycles. The van der Waals surface area contributed by atoms with Gasteiger partial charge in [0.1, 0.15) is 5.75 Å². The molecule has 0 aromatic heterocycles. The van der Waals surface area contributed by atoms with Gasteiger partial charge in [-0.25, -0.2) is 0 Å². The Kier molecular flexibility index (Phi) is 4.82. The molecule has 1 amide bonds. The first kappa shape index (κ1) is 14.9. The van der Waals surface area contributed by atoms with E-state index in [9.17, 15) is 4.79 Å².